The minimum absolute atomic E-state index is 0.0145. The highest BCUT2D eigenvalue weighted by molar-refractivity contribution is 5.98. The van der Waals surface area contributed by atoms with E-state index >= 15 is 0 Å². The van der Waals surface area contributed by atoms with Crippen LogP contribution in [0.5, 0.6) is 11.5 Å². The van der Waals surface area contributed by atoms with Crippen molar-refractivity contribution in [1.29, 1.82) is 0 Å². The van der Waals surface area contributed by atoms with Crippen molar-refractivity contribution in [2.24, 2.45) is 0 Å². The predicted octanol–water partition coefficient (Wildman–Crippen LogP) is 1.85. The van der Waals surface area contributed by atoms with Crippen molar-refractivity contribution >= 4 is 5.78 Å². The van der Waals surface area contributed by atoms with E-state index in [1.54, 1.807) is 12.1 Å². The van der Waals surface area contributed by atoms with Gasteiger partial charge in [0.25, 0.3) is 0 Å². The number of ketones is 1. The van der Waals surface area contributed by atoms with Gasteiger partial charge in [-0.05, 0) is 44.1 Å². The zero-order chi connectivity index (χ0) is 18.0. The van der Waals surface area contributed by atoms with Crippen molar-refractivity contribution in [1.82, 2.24) is 4.90 Å². The highest BCUT2D eigenvalue weighted by atomic mass is 16.5. The molecule has 1 fully saturated rings. The Bertz CT molecular complexity index is 801. The molecule has 2 heterocycles. The minimum atomic E-state index is -1.27. The molecule has 1 aromatic carbocycles. The van der Waals surface area contributed by atoms with Crippen molar-refractivity contribution in [2.75, 3.05) is 13.1 Å². The van der Waals surface area contributed by atoms with E-state index in [0.717, 1.165) is 11.1 Å². The topological polar surface area (TPSA) is 70.0 Å². The number of benzene rings is 1. The molecule has 0 amide bonds. The van der Waals surface area contributed by atoms with E-state index in [1.807, 2.05) is 26.0 Å². The smallest absolute Gasteiger partial charge is 0.196 e. The first kappa shape index (κ1) is 16.4. The zero-order valence-electron chi connectivity index (χ0n) is 14.5. The van der Waals surface area contributed by atoms with Crippen LogP contribution in [0.15, 0.2) is 36.9 Å². The van der Waals surface area contributed by atoms with Crippen LogP contribution in [0.1, 0.15) is 24.5 Å². The van der Waals surface area contributed by atoms with Gasteiger partial charge in [-0.1, -0.05) is 12.1 Å². The molecule has 1 aliphatic carbocycles. The van der Waals surface area contributed by atoms with Gasteiger partial charge in [0, 0.05) is 24.7 Å². The number of aryl methyl sites for hydroxylation is 1. The fraction of sp³-hybridized carbons (Fsp3) is 0.450. The van der Waals surface area contributed by atoms with Crippen LogP contribution >= 0.6 is 0 Å². The summed E-state index contributed by atoms with van der Waals surface area (Å²) in [5.74, 6) is 0.189. The highest BCUT2D eigenvalue weighted by Gasteiger charge is 2.69. The Balaban J connectivity index is 1.98. The lowest BCUT2D eigenvalue weighted by atomic mass is 9.54. The highest BCUT2D eigenvalue weighted by Crippen LogP contribution is 2.60. The van der Waals surface area contributed by atoms with Gasteiger partial charge in [-0.2, -0.15) is 0 Å². The van der Waals surface area contributed by atoms with Crippen LogP contribution in [0, 0.1) is 6.92 Å². The van der Waals surface area contributed by atoms with Crippen molar-refractivity contribution in [3.63, 3.8) is 0 Å². The van der Waals surface area contributed by atoms with Crippen molar-refractivity contribution < 1.29 is 19.7 Å². The standard InChI is InChI=1S/C20H23NO4/c1-4-10-21-11-9-19-16-12(2)5-6-14(22)17(16)25-18(19)15(23)7-8-20(19,24)13(21)3/h4-8,13,18,22,24H,1,9-11H2,2-3H3/t13-,18+,19+,20-/m1/s1. The molecular formula is C20H23NO4. The number of ether oxygens (including phenoxy) is 1. The lowest BCUT2D eigenvalue weighted by Crippen LogP contribution is -2.72. The molecule has 4 atom stereocenters. The van der Waals surface area contributed by atoms with Crippen LogP contribution in [-0.2, 0) is 10.2 Å². The Morgan fingerprint density at radius 2 is 2.24 bits per heavy atom. The number of aliphatic hydroxyl groups is 1. The number of carbonyl (C=O) groups excluding carboxylic acids is 1. The molecule has 2 N–H and O–H groups in total. The molecule has 0 bridgehead atoms. The van der Waals surface area contributed by atoms with Gasteiger partial charge in [0.05, 0.1) is 5.41 Å². The van der Waals surface area contributed by atoms with Gasteiger partial charge in [-0.15, -0.1) is 6.58 Å². The molecule has 5 heteroatoms. The van der Waals surface area contributed by atoms with Crippen LogP contribution in [0.25, 0.3) is 0 Å². The summed E-state index contributed by atoms with van der Waals surface area (Å²) in [4.78, 5) is 14.8. The van der Waals surface area contributed by atoms with E-state index in [9.17, 15) is 15.0 Å². The van der Waals surface area contributed by atoms with Gasteiger partial charge in [0.2, 0.25) is 0 Å². The molecule has 0 aromatic heterocycles. The summed E-state index contributed by atoms with van der Waals surface area (Å²) in [6.07, 6.45) is 4.64. The summed E-state index contributed by atoms with van der Waals surface area (Å²) < 4.78 is 5.95. The molecule has 4 rings (SSSR count). The quantitative estimate of drug-likeness (QED) is 0.804. The Morgan fingerprint density at radius 3 is 2.96 bits per heavy atom. The molecule has 2 aliphatic heterocycles. The fourth-order valence-corrected chi connectivity index (χ4v) is 5.03. The maximum atomic E-state index is 12.6. The molecule has 3 aliphatic rings. The average Bonchev–Trinajstić information content (AvgIpc) is 2.95. The lowest BCUT2D eigenvalue weighted by Gasteiger charge is -2.57. The second-order valence-corrected chi connectivity index (χ2v) is 7.35. The van der Waals surface area contributed by atoms with Gasteiger partial charge in [0.1, 0.15) is 5.60 Å². The Kier molecular flexibility index (Phi) is 3.40. The third-order valence-electron chi connectivity index (χ3n) is 6.29. The molecule has 5 nitrogen and oxygen atoms in total. The fourth-order valence-electron chi connectivity index (χ4n) is 5.03. The van der Waals surface area contributed by atoms with Crippen LogP contribution in [0.4, 0.5) is 0 Å². The third-order valence-corrected chi connectivity index (χ3v) is 6.29. The second kappa shape index (κ2) is 5.19. The van der Waals surface area contributed by atoms with Gasteiger partial charge in [0.15, 0.2) is 23.4 Å². The van der Waals surface area contributed by atoms with Crippen molar-refractivity contribution in [3.05, 3.63) is 48.1 Å². The van der Waals surface area contributed by atoms with E-state index in [2.05, 4.69) is 11.5 Å². The largest absolute Gasteiger partial charge is 0.504 e. The van der Waals surface area contributed by atoms with Crippen LogP contribution in [0.3, 0.4) is 0 Å². The third kappa shape index (κ3) is 1.82. The maximum absolute atomic E-state index is 12.6. The van der Waals surface area contributed by atoms with E-state index in [1.165, 1.54) is 6.08 Å². The van der Waals surface area contributed by atoms with Gasteiger partial charge in [-0.25, -0.2) is 0 Å². The Morgan fingerprint density at radius 1 is 1.48 bits per heavy atom. The lowest BCUT2D eigenvalue weighted by molar-refractivity contribution is -0.148. The molecular weight excluding hydrogens is 318 g/mol. The molecule has 0 radical (unpaired) electrons. The number of nitrogens with zero attached hydrogens (tertiary/aromatic N) is 1. The number of likely N-dealkylation sites (tertiary alicyclic amines) is 1. The molecule has 132 valence electrons. The SMILES string of the molecule is C=CCN1CC[C@]23c4c(C)ccc(O)c4O[C@H]2C(=O)C=C[C@@]3(O)[C@H]1C. The summed E-state index contributed by atoms with van der Waals surface area (Å²) in [5, 5.41) is 22.1. The Hall–Kier alpha value is -2.11. The number of aromatic hydroxyl groups is 1. The van der Waals surface area contributed by atoms with E-state index in [-0.39, 0.29) is 17.6 Å². The Labute approximate surface area is 147 Å². The van der Waals surface area contributed by atoms with Gasteiger partial charge >= 0.3 is 0 Å². The zero-order valence-corrected chi connectivity index (χ0v) is 14.5. The first-order valence-electron chi connectivity index (χ1n) is 8.67. The number of piperidine rings is 1. The van der Waals surface area contributed by atoms with Crippen molar-refractivity contribution in [3.8, 4) is 11.5 Å². The van der Waals surface area contributed by atoms with Crippen LogP contribution in [0.2, 0.25) is 0 Å². The summed E-state index contributed by atoms with van der Waals surface area (Å²) in [7, 11) is 0. The van der Waals surface area contributed by atoms with E-state index in [0.29, 0.717) is 25.3 Å². The number of fused-ring (bicyclic) bond motifs is 1. The summed E-state index contributed by atoms with van der Waals surface area (Å²) in [6, 6.07) is 3.18. The van der Waals surface area contributed by atoms with Crippen LogP contribution in [-0.4, -0.2) is 51.7 Å². The summed E-state index contributed by atoms with van der Waals surface area (Å²) >= 11 is 0. The summed E-state index contributed by atoms with van der Waals surface area (Å²) in [6.45, 7) is 9.08. The number of phenolic OH excluding ortho intramolecular Hbond substituents is 1. The van der Waals surface area contributed by atoms with Crippen LogP contribution < -0.4 is 4.74 Å². The van der Waals surface area contributed by atoms with Gasteiger partial charge < -0.3 is 14.9 Å². The van der Waals surface area contributed by atoms with Crippen molar-refractivity contribution in [2.45, 2.75) is 43.4 Å². The maximum Gasteiger partial charge on any atom is 0.196 e. The number of hydrogen-bond donors (Lipinski definition) is 2. The second-order valence-electron chi connectivity index (χ2n) is 7.35. The number of carbonyl (C=O) groups is 1. The minimum Gasteiger partial charge on any atom is -0.504 e. The average molecular weight is 341 g/mol. The molecule has 25 heavy (non-hydrogen) atoms. The first-order chi connectivity index (χ1) is 11.9. The molecule has 0 unspecified atom stereocenters. The summed E-state index contributed by atoms with van der Waals surface area (Å²) in [5.41, 5.74) is -0.464. The number of rotatable bonds is 2. The van der Waals surface area contributed by atoms with Gasteiger partial charge in [-0.3, -0.25) is 9.69 Å². The molecule has 1 saturated heterocycles. The monoisotopic (exact) mass is 341 g/mol. The predicted molar refractivity (Wildman–Crippen MR) is 93.9 cm³/mol. The number of hydrogen-bond acceptors (Lipinski definition) is 5. The van der Waals surface area contributed by atoms with E-state index in [4.69, 9.17) is 4.74 Å². The molecule has 0 saturated carbocycles. The normalized spacial score (nSPS) is 36.4. The molecule has 1 spiro atoms. The number of phenols is 1. The first-order valence-corrected chi connectivity index (χ1v) is 8.67. The van der Waals surface area contributed by atoms with E-state index < -0.39 is 17.1 Å². The molecule has 1 aromatic rings.